The molecule has 0 radical (unpaired) electrons. The third-order valence-corrected chi connectivity index (χ3v) is 5.07. The summed E-state index contributed by atoms with van der Waals surface area (Å²) in [6.07, 6.45) is 5.85. The van der Waals surface area contributed by atoms with E-state index < -0.39 is 11.0 Å². The van der Waals surface area contributed by atoms with E-state index in [1.807, 2.05) is 13.8 Å². The Morgan fingerprint density at radius 1 is 1.16 bits per heavy atom. The topological polar surface area (TPSA) is 61.2 Å². The number of nitrogens with zero attached hydrogens (tertiary/aromatic N) is 2. The maximum absolute atomic E-state index is 12.7. The Kier molecular flexibility index (Phi) is 3.66. The van der Waals surface area contributed by atoms with Crippen LogP contribution in [0.2, 0.25) is 0 Å². The van der Waals surface area contributed by atoms with Gasteiger partial charge in [0.25, 0.3) is 0 Å². The standard InChI is InChI=1S/C15H22N2O2/c1-3-14(4-2)10-12(18)17(13(14)19)15(11-16)8-6-5-7-9-15/h3-10H2,1-2H3. The Balaban J connectivity index is 2.37. The smallest absolute Gasteiger partial charge is 0.237 e. The van der Waals surface area contributed by atoms with Crippen molar-refractivity contribution in [3.05, 3.63) is 0 Å². The molecule has 2 amide bonds. The SMILES string of the molecule is CCC1(CC)CC(=O)N(C2(C#N)CCCCC2)C1=O. The lowest BCUT2D eigenvalue weighted by molar-refractivity contribution is -0.147. The third kappa shape index (κ3) is 1.96. The lowest BCUT2D eigenvalue weighted by Crippen LogP contribution is -2.53. The number of imide groups is 1. The van der Waals surface area contributed by atoms with Crippen LogP contribution in [-0.4, -0.2) is 22.3 Å². The molecule has 0 aromatic heterocycles. The highest BCUT2D eigenvalue weighted by atomic mass is 16.2. The Bertz CT molecular complexity index is 426. The molecule has 4 nitrogen and oxygen atoms in total. The third-order valence-electron chi connectivity index (χ3n) is 5.07. The molecule has 0 aromatic carbocycles. The summed E-state index contributed by atoms with van der Waals surface area (Å²) in [4.78, 5) is 26.4. The van der Waals surface area contributed by atoms with E-state index in [1.165, 1.54) is 4.90 Å². The summed E-state index contributed by atoms with van der Waals surface area (Å²) >= 11 is 0. The number of carbonyl (C=O) groups is 2. The largest absolute Gasteiger partial charge is 0.274 e. The molecule has 2 rings (SSSR count). The van der Waals surface area contributed by atoms with Crippen molar-refractivity contribution >= 4 is 11.8 Å². The highest BCUT2D eigenvalue weighted by Crippen LogP contribution is 2.45. The molecule has 2 aliphatic rings. The molecule has 0 bridgehead atoms. The van der Waals surface area contributed by atoms with Gasteiger partial charge in [-0.25, -0.2) is 0 Å². The zero-order valence-electron chi connectivity index (χ0n) is 11.9. The summed E-state index contributed by atoms with van der Waals surface area (Å²) in [5.41, 5.74) is -1.42. The second kappa shape index (κ2) is 4.96. The van der Waals surface area contributed by atoms with Gasteiger partial charge in [0.05, 0.1) is 11.5 Å². The first kappa shape index (κ1) is 14.0. The number of hydrogen-bond donors (Lipinski definition) is 0. The molecule has 0 unspecified atom stereocenters. The van der Waals surface area contributed by atoms with E-state index in [0.29, 0.717) is 25.7 Å². The number of nitriles is 1. The van der Waals surface area contributed by atoms with E-state index in [4.69, 9.17) is 0 Å². The van der Waals surface area contributed by atoms with Crippen LogP contribution in [0.3, 0.4) is 0 Å². The van der Waals surface area contributed by atoms with Crippen LogP contribution in [0.15, 0.2) is 0 Å². The average molecular weight is 262 g/mol. The number of amides is 2. The quantitative estimate of drug-likeness (QED) is 0.735. The molecule has 1 aliphatic carbocycles. The molecular weight excluding hydrogens is 240 g/mol. The molecule has 1 aliphatic heterocycles. The fourth-order valence-electron chi connectivity index (χ4n) is 3.55. The fraction of sp³-hybridized carbons (Fsp3) is 0.800. The monoisotopic (exact) mass is 262 g/mol. The van der Waals surface area contributed by atoms with Crippen molar-refractivity contribution in [2.24, 2.45) is 5.41 Å². The second-order valence-corrected chi connectivity index (χ2v) is 5.90. The molecule has 0 spiro atoms. The first-order valence-corrected chi connectivity index (χ1v) is 7.34. The van der Waals surface area contributed by atoms with Gasteiger partial charge in [-0.1, -0.05) is 33.1 Å². The zero-order chi connectivity index (χ0) is 14.1. The second-order valence-electron chi connectivity index (χ2n) is 5.90. The van der Waals surface area contributed by atoms with Gasteiger partial charge in [-0.2, -0.15) is 5.26 Å². The van der Waals surface area contributed by atoms with Crippen LogP contribution in [0.5, 0.6) is 0 Å². The van der Waals surface area contributed by atoms with Crippen molar-refractivity contribution in [2.75, 3.05) is 0 Å². The van der Waals surface area contributed by atoms with E-state index >= 15 is 0 Å². The van der Waals surface area contributed by atoms with Gasteiger partial charge in [0.15, 0.2) is 0 Å². The number of likely N-dealkylation sites (tertiary alicyclic amines) is 1. The van der Waals surface area contributed by atoms with Gasteiger partial charge in [-0.3, -0.25) is 14.5 Å². The lowest BCUT2D eigenvalue weighted by Gasteiger charge is -2.38. The van der Waals surface area contributed by atoms with E-state index in [2.05, 4.69) is 6.07 Å². The lowest BCUT2D eigenvalue weighted by atomic mass is 9.79. The minimum Gasteiger partial charge on any atom is -0.274 e. The summed E-state index contributed by atoms with van der Waals surface area (Å²) in [5.74, 6) is -0.247. The number of hydrogen-bond acceptors (Lipinski definition) is 3. The van der Waals surface area contributed by atoms with Gasteiger partial charge in [0.1, 0.15) is 5.54 Å². The van der Waals surface area contributed by atoms with E-state index in [-0.39, 0.29) is 18.2 Å². The van der Waals surface area contributed by atoms with Crippen LogP contribution in [-0.2, 0) is 9.59 Å². The first-order valence-electron chi connectivity index (χ1n) is 7.34. The van der Waals surface area contributed by atoms with Crippen molar-refractivity contribution in [3.63, 3.8) is 0 Å². The van der Waals surface area contributed by atoms with Crippen LogP contribution in [0.4, 0.5) is 0 Å². The fourth-order valence-corrected chi connectivity index (χ4v) is 3.55. The van der Waals surface area contributed by atoms with Crippen molar-refractivity contribution in [2.45, 2.75) is 70.8 Å². The molecule has 2 fully saturated rings. The normalized spacial score (nSPS) is 25.4. The van der Waals surface area contributed by atoms with Crippen LogP contribution in [0, 0.1) is 16.7 Å². The highest BCUT2D eigenvalue weighted by Gasteiger charge is 2.56. The van der Waals surface area contributed by atoms with Crippen LogP contribution in [0.1, 0.15) is 65.2 Å². The Hall–Kier alpha value is -1.37. The summed E-state index contributed by atoms with van der Waals surface area (Å²) in [6, 6.07) is 2.29. The van der Waals surface area contributed by atoms with Crippen molar-refractivity contribution < 1.29 is 9.59 Å². The van der Waals surface area contributed by atoms with Gasteiger partial charge < -0.3 is 0 Å². The predicted octanol–water partition coefficient (Wildman–Crippen LogP) is 2.78. The maximum Gasteiger partial charge on any atom is 0.237 e. The Morgan fingerprint density at radius 3 is 2.16 bits per heavy atom. The summed E-state index contributed by atoms with van der Waals surface area (Å²) in [7, 11) is 0. The molecule has 4 heteroatoms. The molecular formula is C15H22N2O2. The molecule has 104 valence electrons. The van der Waals surface area contributed by atoms with E-state index in [9.17, 15) is 14.9 Å². The molecule has 0 N–H and O–H groups in total. The predicted molar refractivity (Wildman–Crippen MR) is 70.9 cm³/mol. The zero-order valence-corrected chi connectivity index (χ0v) is 11.9. The maximum atomic E-state index is 12.7. The van der Waals surface area contributed by atoms with Gasteiger partial charge in [0.2, 0.25) is 11.8 Å². The first-order chi connectivity index (χ1) is 9.05. The minimum atomic E-state index is -0.863. The van der Waals surface area contributed by atoms with Gasteiger partial charge in [-0.15, -0.1) is 0 Å². The van der Waals surface area contributed by atoms with E-state index in [1.54, 1.807) is 0 Å². The van der Waals surface area contributed by atoms with Gasteiger partial charge >= 0.3 is 0 Å². The molecule has 0 aromatic rings. The average Bonchev–Trinajstić information content (AvgIpc) is 2.71. The summed E-state index contributed by atoms with van der Waals surface area (Å²) in [6.45, 7) is 3.91. The van der Waals surface area contributed by atoms with Crippen LogP contribution < -0.4 is 0 Å². The number of rotatable bonds is 3. The Labute approximate surface area is 114 Å². The molecule has 0 atom stereocenters. The minimum absolute atomic E-state index is 0.106. The van der Waals surface area contributed by atoms with E-state index in [0.717, 1.165) is 19.3 Å². The summed E-state index contributed by atoms with van der Waals surface area (Å²) < 4.78 is 0. The van der Waals surface area contributed by atoms with Crippen molar-refractivity contribution in [3.8, 4) is 6.07 Å². The molecule has 1 heterocycles. The van der Waals surface area contributed by atoms with Crippen LogP contribution in [0.25, 0.3) is 0 Å². The Morgan fingerprint density at radius 2 is 1.74 bits per heavy atom. The molecule has 1 saturated heterocycles. The van der Waals surface area contributed by atoms with Crippen molar-refractivity contribution in [1.82, 2.24) is 4.90 Å². The summed E-state index contributed by atoms with van der Waals surface area (Å²) in [5, 5.41) is 9.56. The van der Waals surface area contributed by atoms with Gasteiger partial charge in [0, 0.05) is 6.42 Å². The molecule has 19 heavy (non-hydrogen) atoms. The van der Waals surface area contributed by atoms with Gasteiger partial charge in [-0.05, 0) is 25.7 Å². The molecule has 1 saturated carbocycles. The van der Waals surface area contributed by atoms with Crippen molar-refractivity contribution in [1.29, 1.82) is 5.26 Å². The van der Waals surface area contributed by atoms with Crippen LogP contribution >= 0.6 is 0 Å². The highest BCUT2D eigenvalue weighted by molar-refractivity contribution is 6.07. The number of carbonyl (C=O) groups excluding carboxylic acids is 2.